The fraction of sp³-hybridized carbons (Fsp3) is 0.556. The summed E-state index contributed by atoms with van der Waals surface area (Å²) in [6.45, 7) is 0.839. The van der Waals surface area contributed by atoms with E-state index in [2.05, 4.69) is 15.3 Å². The minimum atomic E-state index is -0.283. The third-order valence-electron chi connectivity index (χ3n) is 2.43. The second-order valence-electron chi connectivity index (χ2n) is 3.65. The lowest BCUT2D eigenvalue weighted by Crippen LogP contribution is -2.16. The number of anilines is 2. The molecule has 1 aromatic rings. The van der Waals surface area contributed by atoms with Gasteiger partial charge in [0.05, 0.1) is 6.33 Å². The molecule has 76 valence electrons. The highest BCUT2D eigenvalue weighted by molar-refractivity contribution is 5.58. The Hall–Kier alpha value is -1.52. The van der Waals surface area contributed by atoms with Crippen molar-refractivity contribution < 1.29 is 0 Å². The summed E-state index contributed by atoms with van der Waals surface area (Å²) < 4.78 is 0. The molecule has 1 aromatic heterocycles. The van der Waals surface area contributed by atoms with Crippen molar-refractivity contribution in [2.24, 2.45) is 5.92 Å². The number of rotatable bonds is 4. The average molecular weight is 194 g/mol. The zero-order chi connectivity index (χ0) is 9.97. The van der Waals surface area contributed by atoms with Crippen LogP contribution in [0.25, 0.3) is 0 Å². The van der Waals surface area contributed by atoms with Gasteiger partial charge < -0.3 is 16.0 Å². The molecule has 5 heteroatoms. The number of nitrogens with two attached hydrogens (primary N) is 1. The highest BCUT2D eigenvalue weighted by atomic mass is 16.1. The monoisotopic (exact) mass is 194 g/mol. The summed E-state index contributed by atoms with van der Waals surface area (Å²) >= 11 is 0. The molecule has 4 N–H and O–H groups in total. The number of H-pyrrole nitrogens is 1. The van der Waals surface area contributed by atoms with E-state index in [9.17, 15) is 4.79 Å². The summed E-state index contributed by atoms with van der Waals surface area (Å²) in [5.41, 5.74) is 5.43. The molecule has 0 bridgehead atoms. The van der Waals surface area contributed by atoms with E-state index in [0.29, 0.717) is 5.82 Å². The number of nitrogens with one attached hydrogen (secondary N) is 2. The van der Waals surface area contributed by atoms with Crippen LogP contribution in [0.15, 0.2) is 11.1 Å². The third kappa shape index (κ3) is 2.04. The summed E-state index contributed by atoms with van der Waals surface area (Å²) in [5, 5.41) is 3.07. The number of hydrogen-bond acceptors (Lipinski definition) is 4. The zero-order valence-electron chi connectivity index (χ0n) is 7.92. The highest BCUT2D eigenvalue weighted by Crippen LogP contribution is 2.32. The number of nitrogens with zero attached hydrogens (tertiary/aromatic N) is 1. The topological polar surface area (TPSA) is 83.8 Å². The molecule has 0 amide bonds. The predicted molar refractivity (Wildman–Crippen MR) is 55.1 cm³/mol. The van der Waals surface area contributed by atoms with E-state index in [0.717, 1.165) is 18.9 Å². The number of aromatic amines is 1. The Kier molecular flexibility index (Phi) is 2.39. The SMILES string of the molecule is Nc1c(NCCC2CC2)nc[nH]c1=O. The largest absolute Gasteiger partial charge is 0.391 e. The summed E-state index contributed by atoms with van der Waals surface area (Å²) in [6, 6.07) is 0. The molecule has 0 unspecified atom stereocenters. The van der Waals surface area contributed by atoms with Crippen LogP contribution in [0.2, 0.25) is 0 Å². The Morgan fingerprint density at radius 1 is 1.64 bits per heavy atom. The Morgan fingerprint density at radius 3 is 3.14 bits per heavy atom. The van der Waals surface area contributed by atoms with Gasteiger partial charge in [0.1, 0.15) is 5.69 Å². The molecule has 1 aliphatic rings. The molecule has 0 spiro atoms. The van der Waals surface area contributed by atoms with E-state index in [1.807, 2.05) is 0 Å². The van der Waals surface area contributed by atoms with Crippen molar-refractivity contribution in [3.05, 3.63) is 16.7 Å². The van der Waals surface area contributed by atoms with Crippen LogP contribution < -0.4 is 16.6 Å². The highest BCUT2D eigenvalue weighted by Gasteiger charge is 2.20. The van der Waals surface area contributed by atoms with Crippen LogP contribution in [-0.2, 0) is 0 Å². The summed E-state index contributed by atoms with van der Waals surface area (Å²) in [7, 11) is 0. The molecule has 1 heterocycles. The normalized spacial score (nSPS) is 15.4. The first-order valence-corrected chi connectivity index (χ1v) is 4.84. The lowest BCUT2D eigenvalue weighted by atomic mass is 10.3. The first kappa shape index (κ1) is 9.05. The molecule has 5 nitrogen and oxygen atoms in total. The van der Waals surface area contributed by atoms with Crippen LogP contribution in [0.1, 0.15) is 19.3 Å². The van der Waals surface area contributed by atoms with Gasteiger partial charge >= 0.3 is 0 Å². The summed E-state index contributed by atoms with van der Waals surface area (Å²) in [5.74, 6) is 1.36. The first-order valence-electron chi connectivity index (χ1n) is 4.84. The van der Waals surface area contributed by atoms with Crippen molar-refractivity contribution >= 4 is 11.5 Å². The van der Waals surface area contributed by atoms with E-state index in [-0.39, 0.29) is 11.2 Å². The molecular formula is C9H14N4O. The minimum absolute atomic E-state index is 0.170. The number of aromatic nitrogens is 2. The van der Waals surface area contributed by atoms with E-state index >= 15 is 0 Å². The smallest absolute Gasteiger partial charge is 0.276 e. The quantitative estimate of drug-likeness (QED) is 0.654. The fourth-order valence-corrected chi connectivity index (χ4v) is 1.35. The molecule has 2 rings (SSSR count). The first-order chi connectivity index (χ1) is 6.77. The maximum Gasteiger partial charge on any atom is 0.276 e. The second-order valence-corrected chi connectivity index (χ2v) is 3.65. The lowest BCUT2D eigenvalue weighted by molar-refractivity contribution is 0.758. The van der Waals surface area contributed by atoms with Crippen LogP contribution in [0.4, 0.5) is 11.5 Å². The predicted octanol–water partition coefficient (Wildman–Crippen LogP) is 0.564. The Bertz CT molecular complexity index is 369. The van der Waals surface area contributed by atoms with Crippen molar-refractivity contribution in [1.29, 1.82) is 0 Å². The maximum absolute atomic E-state index is 11.1. The van der Waals surface area contributed by atoms with E-state index in [1.54, 1.807) is 0 Å². The van der Waals surface area contributed by atoms with Crippen LogP contribution in [-0.4, -0.2) is 16.5 Å². The van der Waals surface area contributed by atoms with Gasteiger partial charge in [0, 0.05) is 6.54 Å². The molecule has 14 heavy (non-hydrogen) atoms. The van der Waals surface area contributed by atoms with Crippen LogP contribution >= 0.6 is 0 Å². The van der Waals surface area contributed by atoms with Gasteiger partial charge in [0.25, 0.3) is 5.56 Å². The molecule has 1 fully saturated rings. The Morgan fingerprint density at radius 2 is 2.43 bits per heavy atom. The Labute approximate surface area is 81.7 Å². The van der Waals surface area contributed by atoms with E-state index < -0.39 is 0 Å². The van der Waals surface area contributed by atoms with Crippen molar-refractivity contribution in [2.75, 3.05) is 17.6 Å². The maximum atomic E-state index is 11.1. The molecule has 0 atom stereocenters. The van der Waals surface area contributed by atoms with Crippen molar-refractivity contribution in [1.82, 2.24) is 9.97 Å². The Balaban J connectivity index is 1.93. The summed E-state index contributed by atoms with van der Waals surface area (Å²) in [6.07, 6.45) is 5.16. The molecular weight excluding hydrogens is 180 g/mol. The number of nitrogen functional groups attached to an aromatic ring is 1. The second kappa shape index (κ2) is 3.69. The molecule has 1 saturated carbocycles. The van der Waals surface area contributed by atoms with Crippen LogP contribution in [0, 0.1) is 5.92 Å². The molecule has 0 saturated heterocycles. The van der Waals surface area contributed by atoms with E-state index in [4.69, 9.17) is 5.73 Å². The van der Waals surface area contributed by atoms with Gasteiger partial charge in [0.15, 0.2) is 5.82 Å². The van der Waals surface area contributed by atoms with Gasteiger partial charge in [-0.25, -0.2) is 4.98 Å². The van der Waals surface area contributed by atoms with Gasteiger partial charge in [-0.2, -0.15) is 0 Å². The van der Waals surface area contributed by atoms with Crippen LogP contribution in [0.5, 0.6) is 0 Å². The molecule has 0 radical (unpaired) electrons. The zero-order valence-corrected chi connectivity index (χ0v) is 7.92. The van der Waals surface area contributed by atoms with Crippen molar-refractivity contribution in [2.45, 2.75) is 19.3 Å². The van der Waals surface area contributed by atoms with Crippen molar-refractivity contribution in [3.63, 3.8) is 0 Å². The molecule has 1 aliphatic carbocycles. The minimum Gasteiger partial charge on any atom is -0.391 e. The van der Waals surface area contributed by atoms with Gasteiger partial charge in [-0.3, -0.25) is 4.79 Å². The molecule has 0 aromatic carbocycles. The third-order valence-corrected chi connectivity index (χ3v) is 2.43. The summed E-state index contributed by atoms with van der Waals surface area (Å²) in [4.78, 5) is 17.5. The standard InChI is InChI=1S/C9H14N4O/c10-7-8(12-5-13-9(7)14)11-4-3-6-1-2-6/h5-6H,1-4,10H2,(H2,11,12,13,14). The number of hydrogen-bond donors (Lipinski definition) is 3. The fourth-order valence-electron chi connectivity index (χ4n) is 1.35. The van der Waals surface area contributed by atoms with Gasteiger partial charge in [-0.1, -0.05) is 12.8 Å². The van der Waals surface area contributed by atoms with Gasteiger partial charge in [-0.15, -0.1) is 0 Å². The van der Waals surface area contributed by atoms with Gasteiger partial charge in [-0.05, 0) is 12.3 Å². The van der Waals surface area contributed by atoms with Crippen LogP contribution in [0.3, 0.4) is 0 Å². The average Bonchev–Trinajstić information content (AvgIpc) is 2.96. The lowest BCUT2D eigenvalue weighted by Gasteiger charge is -2.05. The molecule has 0 aliphatic heterocycles. The van der Waals surface area contributed by atoms with Gasteiger partial charge in [0.2, 0.25) is 0 Å². The van der Waals surface area contributed by atoms with E-state index in [1.165, 1.54) is 19.2 Å². The van der Waals surface area contributed by atoms with Crippen molar-refractivity contribution in [3.8, 4) is 0 Å².